The summed E-state index contributed by atoms with van der Waals surface area (Å²) < 4.78 is 3.16. The molecule has 1 saturated heterocycles. The largest absolute Gasteiger partial charge is 0.328 e. The number of rotatable bonds is 2. The third-order valence-electron chi connectivity index (χ3n) is 4.40. The summed E-state index contributed by atoms with van der Waals surface area (Å²) in [6, 6.07) is 10.7. The number of fused-ring (bicyclic) bond motifs is 1. The van der Waals surface area contributed by atoms with Crippen molar-refractivity contribution in [2.75, 3.05) is 0 Å². The van der Waals surface area contributed by atoms with Crippen molar-refractivity contribution in [1.82, 2.24) is 14.5 Å². The van der Waals surface area contributed by atoms with E-state index in [0.29, 0.717) is 25.8 Å². The number of aromatic nitrogens is 2. The van der Waals surface area contributed by atoms with Crippen molar-refractivity contribution in [3.63, 3.8) is 0 Å². The molecule has 1 aliphatic heterocycles. The van der Waals surface area contributed by atoms with Crippen LogP contribution >= 0.6 is 35.0 Å². The van der Waals surface area contributed by atoms with Crippen molar-refractivity contribution >= 4 is 68.8 Å². The Bertz CT molecular complexity index is 1260. The molecule has 2 heterocycles. The Labute approximate surface area is 174 Å². The van der Waals surface area contributed by atoms with Gasteiger partial charge in [-0.3, -0.25) is 13.9 Å². The number of carbonyl (C=O) groups excluding carboxylic acids is 1. The number of hydrogen-bond acceptors (Lipinski definition) is 4. The quantitative estimate of drug-likeness (QED) is 0.620. The number of hydrogen-bond donors (Lipinski definition) is 1. The molecule has 0 bridgehead atoms. The van der Waals surface area contributed by atoms with Gasteiger partial charge in [-0.05, 0) is 47.7 Å². The third-order valence-corrected chi connectivity index (χ3v) is 6.12. The van der Waals surface area contributed by atoms with Gasteiger partial charge in [-0.25, -0.2) is 9.79 Å². The topological polar surface area (TPSA) is 68.4 Å². The first-order valence-electron chi connectivity index (χ1n) is 8.24. The molecule has 1 aliphatic rings. The van der Waals surface area contributed by atoms with Crippen LogP contribution < -0.4 is 11.0 Å². The summed E-state index contributed by atoms with van der Waals surface area (Å²) in [6.07, 6.45) is 1.76. The van der Waals surface area contributed by atoms with Crippen LogP contribution in [0.3, 0.4) is 0 Å². The zero-order chi connectivity index (χ0) is 20.0. The number of aryl methyl sites for hydroxylation is 2. The fourth-order valence-corrected chi connectivity index (χ4v) is 4.11. The summed E-state index contributed by atoms with van der Waals surface area (Å²) in [5.41, 5.74) is 2.83. The minimum absolute atomic E-state index is 0.0967. The Morgan fingerprint density at radius 2 is 1.82 bits per heavy atom. The highest BCUT2D eigenvalue weighted by molar-refractivity contribution is 8.18. The first kappa shape index (κ1) is 18.9. The predicted octanol–water partition coefficient (Wildman–Crippen LogP) is 4.08. The van der Waals surface area contributed by atoms with Crippen LogP contribution in [-0.4, -0.2) is 20.2 Å². The summed E-state index contributed by atoms with van der Waals surface area (Å²) in [7, 11) is 3.45. The van der Waals surface area contributed by atoms with Crippen molar-refractivity contribution in [3.8, 4) is 0 Å². The molecule has 0 aliphatic carbocycles. The fourth-order valence-electron chi connectivity index (χ4n) is 2.93. The van der Waals surface area contributed by atoms with Gasteiger partial charge in [-0.1, -0.05) is 35.3 Å². The van der Waals surface area contributed by atoms with Crippen LogP contribution in [0.1, 0.15) is 5.56 Å². The SMILES string of the molecule is Cn1c(=O)n(C)c2cc(/C=C3/SC(=Nc4cccc(Cl)c4Cl)NC3=O)ccc21. The van der Waals surface area contributed by atoms with E-state index in [1.54, 1.807) is 47.5 Å². The van der Waals surface area contributed by atoms with Gasteiger partial charge in [0.15, 0.2) is 5.17 Å². The average molecular weight is 433 g/mol. The molecule has 3 aromatic rings. The smallest absolute Gasteiger partial charge is 0.300 e. The minimum atomic E-state index is -0.246. The molecule has 0 unspecified atom stereocenters. The van der Waals surface area contributed by atoms with Crippen molar-refractivity contribution in [3.05, 3.63) is 67.4 Å². The Morgan fingerprint density at radius 3 is 2.61 bits per heavy atom. The van der Waals surface area contributed by atoms with Gasteiger partial charge in [0.05, 0.1) is 31.7 Å². The number of imidazole rings is 1. The molecule has 0 radical (unpaired) electrons. The van der Waals surface area contributed by atoms with Crippen LogP contribution in [0.25, 0.3) is 17.1 Å². The van der Waals surface area contributed by atoms with E-state index in [2.05, 4.69) is 10.3 Å². The summed E-state index contributed by atoms with van der Waals surface area (Å²) >= 11 is 13.4. The van der Waals surface area contributed by atoms with Gasteiger partial charge >= 0.3 is 5.69 Å². The number of halogens is 2. The van der Waals surface area contributed by atoms with Crippen LogP contribution in [-0.2, 0) is 18.9 Å². The van der Waals surface area contributed by atoms with E-state index in [1.807, 2.05) is 18.2 Å². The molecule has 9 heteroatoms. The van der Waals surface area contributed by atoms with E-state index in [1.165, 1.54) is 11.8 Å². The Morgan fingerprint density at radius 1 is 1.07 bits per heavy atom. The fraction of sp³-hybridized carbons (Fsp3) is 0.105. The lowest BCUT2D eigenvalue weighted by molar-refractivity contribution is -0.115. The number of nitrogens with zero attached hydrogens (tertiary/aromatic N) is 3. The first-order valence-corrected chi connectivity index (χ1v) is 9.81. The second kappa shape index (κ2) is 7.16. The molecule has 2 aromatic carbocycles. The maximum Gasteiger partial charge on any atom is 0.328 e. The molecule has 28 heavy (non-hydrogen) atoms. The number of amides is 1. The van der Waals surface area contributed by atoms with Gasteiger partial charge in [0.25, 0.3) is 5.91 Å². The van der Waals surface area contributed by atoms with Gasteiger partial charge in [0.2, 0.25) is 0 Å². The monoisotopic (exact) mass is 432 g/mol. The zero-order valence-electron chi connectivity index (χ0n) is 14.9. The molecular formula is C19H14Cl2N4O2S. The van der Waals surface area contributed by atoms with E-state index >= 15 is 0 Å². The van der Waals surface area contributed by atoms with Crippen molar-refractivity contribution in [1.29, 1.82) is 0 Å². The molecular weight excluding hydrogens is 419 g/mol. The highest BCUT2D eigenvalue weighted by atomic mass is 35.5. The summed E-state index contributed by atoms with van der Waals surface area (Å²) in [4.78, 5) is 29.3. The third kappa shape index (κ3) is 3.26. The molecule has 1 N–H and O–H groups in total. The molecule has 1 fully saturated rings. The van der Waals surface area contributed by atoms with Gasteiger partial charge < -0.3 is 5.32 Å². The van der Waals surface area contributed by atoms with E-state index in [9.17, 15) is 9.59 Å². The second-order valence-electron chi connectivity index (χ2n) is 6.20. The lowest BCUT2D eigenvalue weighted by Gasteiger charge is -2.01. The maximum atomic E-state index is 12.3. The minimum Gasteiger partial charge on any atom is -0.300 e. The number of carbonyl (C=O) groups is 1. The number of amidine groups is 1. The van der Waals surface area contributed by atoms with E-state index in [0.717, 1.165) is 16.6 Å². The molecule has 4 rings (SSSR count). The first-order chi connectivity index (χ1) is 13.3. The highest BCUT2D eigenvalue weighted by Crippen LogP contribution is 2.34. The van der Waals surface area contributed by atoms with Crippen molar-refractivity contribution < 1.29 is 4.79 Å². The molecule has 1 aromatic heterocycles. The highest BCUT2D eigenvalue weighted by Gasteiger charge is 2.24. The van der Waals surface area contributed by atoms with Crippen molar-refractivity contribution in [2.24, 2.45) is 19.1 Å². The van der Waals surface area contributed by atoms with Crippen LogP contribution in [0.2, 0.25) is 10.0 Å². The normalized spacial score (nSPS) is 17.1. The Hall–Kier alpha value is -2.48. The molecule has 6 nitrogen and oxygen atoms in total. The summed E-state index contributed by atoms with van der Waals surface area (Å²) in [6.45, 7) is 0. The molecule has 0 spiro atoms. The second-order valence-corrected chi connectivity index (χ2v) is 8.02. The van der Waals surface area contributed by atoms with Gasteiger partial charge in [0.1, 0.15) is 0 Å². The van der Waals surface area contributed by atoms with E-state index in [4.69, 9.17) is 23.2 Å². The number of aliphatic imine (C=N–C) groups is 1. The molecule has 1 amide bonds. The molecule has 0 atom stereocenters. The number of benzene rings is 2. The van der Waals surface area contributed by atoms with E-state index < -0.39 is 0 Å². The molecule has 0 saturated carbocycles. The summed E-state index contributed by atoms with van der Waals surface area (Å²) in [5.74, 6) is -0.246. The lowest BCUT2D eigenvalue weighted by Crippen LogP contribution is -2.19. The standard InChI is InChI=1S/C19H14Cl2N4O2S/c1-24-13-7-6-10(8-14(13)25(2)19(24)27)9-15-17(26)23-18(28-15)22-12-5-3-4-11(20)16(12)21/h3-9H,1-2H3,(H,22,23,26)/b15-9+. The average Bonchev–Trinajstić information content (AvgIpc) is 3.11. The van der Waals surface area contributed by atoms with Crippen LogP contribution in [0.4, 0.5) is 5.69 Å². The van der Waals surface area contributed by atoms with Gasteiger partial charge in [-0.15, -0.1) is 0 Å². The summed E-state index contributed by atoms with van der Waals surface area (Å²) in [5, 5.41) is 3.88. The number of nitrogens with one attached hydrogen (secondary N) is 1. The Kier molecular flexibility index (Phi) is 4.82. The van der Waals surface area contributed by atoms with Crippen LogP contribution in [0, 0.1) is 0 Å². The Balaban J connectivity index is 1.67. The van der Waals surface area contributed by atoms with Gasteiger partial charge in [0, 0.05) is 14.1 Å². The number of thioether (sulfide) groups is 1. The van der Waals surface area contributed by atoms with Crippen LogP contribution in [0.15, 0.2) is 51.1 Å². The predicted molar refractivity (Wildman–Crippen MR) is 115 cm³/mol. The van der Waals surface area contributed by atoms with Crippen molar-refractivity contribution in [2.45, 2.75) is 0 Å². The lowest BCUT2D eigenvalue weighted by atomic mass is 10.2. The van der Waals surface area contributed by atoms with E-state index in [-0.39, 0.29) is 11.6 Å². The maximum absolute atomic E-state index is 12.3. The molecule has 142 valence electrons. The van der Waals surface area contributed by atoms with Crippen LogP contribution in [0.5, 0.6) is 0 Å². The zero-order valence-corrected chi connectivity index (χ0v) is 17.2. The van der Waals surface area contributed by atoms with Gasteiger partial charge in [-0.2, -0.15) is 0 Å².